The zero-order valence-corrected chi connectivity index (χ0v) is 10.4. The standard InChI is InChI=1S/C12H20N4O/c1-8-4-3-5-16(11(8)7-13)12(17)10-6-9(2)14-15-10/h6,8,11H,3-5,7,13H2,1-2H3,(H,14,15)/t8-,11-/m1/s1. The van der Waals surface area contributed by atoms with Crippen LogP contribution in [-0.2, 0) is 0 Å². The third-order valence-electron chi connectivity index (χ3n) is 3.54. The molecule has 0 unspecified atom stereocenters. The van der Waals surface area contributed by atoms with Crippen LogP contribution in [-0.4, -0.2) is 40.1 Å². The molecule has 1 aromatic rings. The number of amides is 1. The summed E-state index contributed by atoms with van der Waals surface area (Å²) >= 11 is 0. The lowest BCUT2D eigenvalue weighted by atomic mass is 9.90. The second-order valence-corrected chi connectivity index (χ2v) is 4.86. The van der Waals surface area contributed by atoms with Crippen LogP contribution in [0.25, 0.3) is 0 Å². The number of nitrogens with two attached hydrogens (primary N) is 1. The first-order valence-electron chi connectivity index (χ1n) is 6.16. The predicted octanol–water partition coefficient (Wildman–Crippen LogP) is 0.918. The number of rotatable bonds is 2. The molecule has 0 aromatic carbocycles. The van der Waals surface area contributed by atoms with Crippen LogP contribution in [0.2, 0.25) is 0 Å². The lowest BCUT2D eigenvalue weighted by Gasteiger charge is -2.39. The van der Waals surface area contributed by atoms with Gasteiger partial charge in [0.25, 0.3) is 5.91 Å². The van der Waals surface area contributed by atoms with Gasteiger partial charge in [0.05, 0.1) is 0 Å². The van der Waals surface area contributed by atoms with E-state index >= 15 is 0 Å². The van der Waals surface area contributed by atoms with Crippen molar-refractivity contribution in [1.29, 1.82) is 0 Å². The van der Waals surface area contributed by atoms with Gasteiger partial charge in [-0.2, -0.15) is 5.10 Å². The fraction of sp³-hybridized carbons (Fsp3) is 0.667. The van der Waals surface area contributed by atoms with E-state index in [4.69, 9.17) is 5.73 Å². The van der Waals surface area contributed by atoms with Crippen LogP contribution in [0.3, 0.4) is 0 Å². The lowest BCUT2D eigenvalue weighted by Crippen LogP contribution is -2.51. The Morgan fingerprint density at radius 2 is 2.47 bits per heavy atom. The Labute approximate surface area is 101 Å². The first-order chi connectivity index (χ1) is 8.13. The van der Waals surface area contributed by atoms with Crippen LogP contribution in [0.5, 0.6) is 0 Å². The molecule has 0 radical (unpaired) electrons. The molecule has 1 amide bonds. The molecule has 0 bridgehead atoms. The quantitative estimate of drug-likeness (QED) is 0.801. The molecule has 0 spiro atoms. The molecule has 0 saturated carbocycles. The number of hydrogen-bond acceptors (Lipinski definition) is 3. The molecule has 3 N–H and O–H groups in total. The molecule has 5 heteroatoms. The number of hydrogen-bond donors (Lipinski definition) is 2. The van der Waals surface area contributed by atoms with Crippen LogP contribution in [0.15, 0.2) is 6.07 Å². The number of likely N-dealkylation sites (tertiary alicyclic amines) is 1. The fourth-order valence-electron chi connectivity index (χ4n) is 2.54. The maximum absolute atomic E-state index is 12.3. The van der Waals surface area contributed by atoms with E-state index < -0.39 is 0 Å². The number of piperidine rings is 1. The number of carbonyl (C=O) groups is 1. The maximum Gasteiger partial charge on any atom is 0.274 e. The zero-order chi connectivity index (χ0) is 12.4. The summed E-state index contributed by atoms with van der Waals surface area (Å²) < 4.78 is 0. The SMILES string of the molecule is Cc1cc(C(=O)N2CCC[C@@H](C)[C@H]2CN)n[nH]1. The summed E-state index contributed by atoms with van der Waals surface area (Å²) in [6, 6.07) is 1.93. The highest BCUT2D eigenvalue weighted by molar-refractivity contribution is 5.92. The molecule has 1 saturated heterocycles. The van der Waals surface area contributed by atoms with Gasteiger partial charge in [-0.15, -0.1) is 0 Å². The minimum Gasteiger partial charge on any atom is -0.333 e. The van der Waals surface area contributed by atoms with E-state index in [0.717, 1.165) is 25.1 Å². The van der Waals surface area contributed by atoms with Gasteiger partial charge in [-0.05, 0) is 31.7 Å². The van der Waals surface area contributed by atoms with Crippen LogP contribution in [0.1, 0.15) is 35.9 Å². The monoisotopic (exact) mass is 236 g/mol. The molecule has 2 heterocycles. The van der Waals surface area contributed by atoms with Gasteiger partial charge in [0.2, 0.25) is 0 Å². The highest BCUT2D eigenvalue weighted by Gasteiger charge is 2.32. The van der Waals surface area contributed by atoms with Crippen LogP contribution in [0, 0.1) is 12.8 Å². The van der Waals surface area contributed by atoms with Crippen molar-refractivity contribution in [2.75, 3.05) is 13.1 Å². The minimum absolute atomic E-state index is 0.00338. The number of nitrogens with one attached hydrogen (secondary N) is 1. The van der Waals surface area contributed by atoms with Crippen molar-refractivity contribution >= 4 is 5.91 Å². The van der Waals surface area contributed by atoms with Crippen molar-refractivity contribution in [3.8, 4) is 0 Å². The average Bonchev–Trinajstić information content (AvgIpc) is 2.74. The summed E-state index contributed by atoms with van der Waals surface area (Å²) in [5, 5.41) is 6.83. The highest BCUT2D eigenvalue weighted by Crippen LogP contribution is 2.23. The molecular formula is C12H20N4O. The predicted molar refractivity (Wildman–Crippen MR) is 65.6 cm³/mol. The summed E-state index contributed by atoms with van der Waals surface area (Å²) in [5.41, 5.74) is 7.18. The molecule has 17 heavy (non-hydrogen) atoms. The number of aryl methyl sites for hydroxylation is 1. The minimum atomic E-state index is -0.00338. The summed E-state index contributed by atoms with van der Waals surface area (Å²) in [6.07, 6.45) is 2.19. The molecule has 0 aliphatic carbocycles. The molecule has 5 nitrogen and oxygen atoms in total. The lowest BCUT2D eigenvalue weighted by molar-refractivity contribution is 0.0526. The van der Waals surface area contributed by atoms with E-state index in [2.05, 4.69) is 17.1 Å². The van der Waals surface area contributed by atoms with E-state index in [-0.39, 0.29) is 11.9 Å². The molecule has 94 valence electrons. The molecule has 1 aromatic heterocycles. The molecule has 1 fully saturated rings. The van der Waals surface area contributed by atoms with Crippen molar-refractivity contribution in [1.82, 2.24) is 15.1 Å². The molecule has 2 rings (SSSR count). The third-order valence-corrected chi connectivity index (χ3v) is 3.54. The van der Waals surface area contributed by atoms with E-state index in [1.165, 1.54) is 0 Å². The molecule has 1 aliphatic rings. The van der Waals surface area contributed by atoms with Crippen LogP contribution >= 0.6 is 0 Å². The third kappa shape index (κ3) is 2.34. The number of aromatic amines is 1. The highest BCUT2D eigenvalue weighted by atomic mass is 16.2. The first kappa shape index (κ1) is 12.1. The Balaban J connectivity index is 2.17. The molecular weight excluding hydrogens is 216 g/mol. The van der Waals surface area contributed by atoms with Crippen LogP contribution < -0.4 is 5.73 Å². The summed E-state index contributed by atoms with van der Waals surface area (Å²) in [4.78, 5) is 14.2. The number of H-pyrrole nitrogens is 1. The van der Waals surface area contributed by atoms with E-state index in [1.807, 2.05) is 11.8 Å². The van der Waals surface area contributed by atoms with Crippen molar-refractivity contribution in [3.63, 3.8) is 0 Å². The zero-order valence-electron chi connectivity index (χ0n) is 10.4. The molecule has 1 aliphatic heterocycles. The van der Waals surface area contributed by atoms with Crippen molar-refractivity contribution < 1.29 is 4.79 Å². The van der Waals surface area contributed by atoms with Crippen molar-refractivity contribution in [2.24, 2.45) is 11.7 Å². The van der Waals surface area contributed by atoms with Crippen molar-refractivity contribution in [2.45, 2.75) is 32.7 Å². The van der Waals surface area contributed by atoms with Gasteiger partial charge in [-0.25, -0.2) is 0 Å². The Kier molecular flexibility index (Phi) is 3.47. The normalized spacial score (nSPS) is 25.0. The summed E-state index contributed by atoms with van der Waals surface area (Å²) in [6.45, 7) is 5.36. The van der Waals surface area contributed by atoms with Gasteiger partial charge >= 0.3 is 0 Å². The van der Waals surface area contributed by atoms with Gasteiger partial charge in [0, 0.05) is 24.8 Å². The van der Waals surface area contributed by atoms with E-state index in [0.29, 0.717) is 18.2 Å². The van der Waals surface area contributed by atoms with E-state index in [9.17, 15) is 4.79 Å². The van der Waals surface area contributed by atoms with Gasteiger partial charge in [0.15, 0.2) is 0 Å². The maximum atomic E-state index is 12.3. The number of aromatic nitrogens is 2. The largest absolute Gasteiger partial charge is 0.333 e. The summed E-state index contributed by atoms with van der Waals surface area (Å²) in [5.74, 6) is 0.467. The average molecular weight is 236 g/mol. The van der Waals surface area contributed by atoms with Gasteiger partial charge < -0.3 is 10.6 Å². The Morgan fingerprint density at radius 3 is 3.06 bits per heavy atom. The molecule has 2 atom stereocenters. The number of nitrogens with zero attached hydrogens (tertiary/aromatic N) is 2. The van der Waals surface area contributed by atoms with Crippen molar-refractivity contribution in [3.05, 3.63) is 17.5 Å². The Morgan fingerprint density at radius 1 is 1.71 bits per heavy atom. The fourth-order valence-corrected chi connectivity index (χ4v) is 2.54. The first-order valence-corrected chi connectivity index (χ1v) is 6.16. The van der Waals surface area contributed by atoms with Crippen LogP contribution in [0.4, 0.5) is 0 Å². The van der Waals surface area contributed by atoms with Gasteiger partial charge in [-0.1, -0.05) is 6.92 Å². The number of carbonyl (C=O) groups excluding carboxylic acids is 1. The van der Waals surface area contributed by atoms with Gasteiger partial charge in [-0.3, -0.25) is 9.89 Å². The Bertz CT molecular complexity index is 401. The smallest absolute Gasteiger partial charge is 0.274 e. The Hall–Kier alpha value is -1.36. The van der Waals surface area contributed by atoms with Gasteiger partial charge in [0.1, 0.15) is 5.69 Å². The topological polar surface area (TPSA) is 75.0 Å². The van der Waals surface area contributed by atoms with E-state index in [1.54, 1.807) is 6.07 Å². The second kappa shape index (κ2) is 4.87. The summed E-state index contributed by atoms with van der Waals surface area (Å²) in [7, 11) is 0. The second-order valence-electron chi connectivity index (χ2n) is 4.86.